The van der Waals surface area contributed by atoms with Gasteiger partial charge in [-0.1, -0.05) is 56.3 Å². The molecule has 3 aromatic rings. The highest BCUT2D eigenvalue weighted by Gasteiger charge is 2.23. The van der Waals surface area contributed by atoms with Gasteiger partial charge < -0.3 is 15.4 Å². The number of pyridine rings is 1. The molecule has 1 amide bonds. The van der Waals surface area contributed by atoms with E-state index in [2.05, 4.69) is 11.8 Å². The van der Waals surface area contributed by atoms with Crippen LogP contribution >= 0.6 is 11.6 Å². The van der Waals surface area contributed by atoms with Crippen molar-refractivity contribution in [2.75, 3.05) is 6.61 Å². The van der Waals surface area contributed by atoms with Crippen LogP contribution in [0, 0.1) is 11.8 Å². The van der Waals surface area contributed by atoms with Crippen LogP contribution in [-0.2, 0) is 12.0 Å². The first-order valence-electron chi connectivity index (χ1n) is 9.47. The molecule has 3 rings (SSSR count). The van der Waals surface area contributed by atoms with Gasteiger partial charge in [0.1, 0.15) is 12.2 Å². The fraction of sp³-hybridized carbons (Fsp3) is 0.250. The molecule has 1 aromatic heterocycles. The van der Waals surface area contributed by atoms with Crippen molar-refractivity contribution >= 4 is 28.4 Å². The van der Waals surface area contributed by atoms with Gasteiger partial charge in [-0.2, -0.15) is 0 Å². The standard InChI is InChI=1S/C24H23ClN2O3/c1-24(2,3)20-12-16(5-4-10-28)11-18-21(20)27(14-19(22(18)29)23(26)30)13-15-6-8-17(25)9-7-15/h6-9,11-12,14,28H,10,13H2,1-3H3,(H2,26,30). The summed E-state index contributed by atoms with van der Waals surface area (Å²) in [6.45, 7) is 6.28. The number of aliphatic hydroxyl groups is 1. The molecule has 30 heavy (non-hydrogen) atoms. The van der Waals surface area contributed by atoms with Gasteiger partial charge in [0.25, 0.3) is 5.91 Å². The number of hydrogen-bond donors (Lipinski definition) is 2. The molecule has 0 bridgehead atoms. The van der Waals surface area contributed by atoms with Crippen molar-refractivity contribution in [1.29, 1.82) is 0 Å². The van der Waals surface area contributed by atoms with E-state index in [0.717, 1.165) is 16.6 Å². The molecular weight excluding hydrogens is 400 g/mol. The molecule has 0 radical (unpaired) electrons. The van der Waals surface area contributed by atoms with Crippen LogP contribution in [0.1, 0.15) is 47.8 Å². The number of nitrogens with zero attached hydrogens (tertiary/aromatic N) is 1. The Morgan fingerprint density at radius 1 is 1.20 bits per heavy atom. The van der Waals surface area contributed by atoms with Crippen LogP contribution in [0.5, 0.6) is 0 Å². The van der Waals surface area contributed by atoms with Crippen molar-refractivity contribution in [2.24, 2.45) is 5.73 Å². The summed E-state index contributed by atoms with van der Waals surface area (Å²) in [5.74, 6) is 4.71. The Kier molecular flexibility index (Phi) is 6.02. The highest BCUT2D eigenvalue weighted by Crippen LogP contribution is 2.31. The average Bonchev–Trinajstić information content (AvgIpc) is 2.68. The predicted molar refractivity (Wildman–Crippen MR) is 120 cm³/mol. The molecule has 1 heterocycles. The fourth-order valence-electron chi connectivity index (χ4n) is 3.41. The van der Waals surface area contributed by atoms with E-state index in [0.29, 0.717) is 22.5 Å². The Balaban J connectivity index is 2.41. The van der Waals surface area contributed by atoms with Crippen molar-refractivity contribution in [2.45, 2.75) is 32.7 Å². The highest BCUT2D eigenvalue weighted by atomic mass is 35.5. The zero-order chi connectivity index (χ0) is 22.1. The van der Waals surface area contributed by atoms with Gasteiger partial charge in [0.2, 0.25) is 5.43 Å². The number of hydrogen-bond acceptors (Lipinski definition) is 3. The van der Waals surface area contributed by atoms with E-state index < -0.39 is 11.3 Å². The molecule has 0 saturated heterocycles. The molecule has 0 fully saturated rings. The molecule has 0 aliphatic rings. The van der Waals surface area contributed by atoms with Crippen LogP contribution in [-0.4, -0.2) is 22.2 Å². The van der Waals surface area contributed by atoms with Gasteiger partial charge in [-0.05, 0) is 40.8 Å². The molecule has 0 atom stereocenters. The van der Waals surface area contributed by atoms with Gasteiger partial charge in [0, 0.05) is 28.7 Å². The number of amides is 1. The van der Waals surface area contributed by atoms with Crippen molar-refractivity contribution in [3.8, 4) is 11.8 Å². The number of aliphatic hydroxyl groups excluding tert-OH is 1. The third kappa shape index (κ3) is 4.40. The summed E-state index contributed by atoms with van der Waals surface area (Å²) in [4.78, 5) is 25.1. The number of carbonyl (C=O) groups excluding carboxylic acids is 1. The number of benzene rings is 2. The second-order valence-electron chi connectivity index (χ2n) is 8.12. The van der Waals surface area contributed by atoms with E-state index in [9.17, 15) is 9.59 Å². The molecule has 3 N–H and O–H groups in total. The topological polar surface area (TPSA) is 85.3 Å². The summed E-state index contributed by atoms with van der Waals surface area (Å²) in [6.07, 6.45) is 1.52. The maximum absolute atomic E-state index is 13.1. The Morgan fingerprint density at radius 3 is 2.43 bits per heavy atom. The molecule has 2 aromatic carbocycles. The maximum Gasteiger partial charge on any atom is 0.254 e. The molecular formula is C24H23ClN2O3. The Morgan fingerprint density at radius 2 is 1.87 bits per heavy atom. The summed E-state index contributed by atoms with van der Waals surface area (Å²) < 4.78 is 1.88. The maximum atomic E-state index is 13.1. The van der Waals surface area contributed by atoms with Crippen LogP contribution in [0.15, 0.2) is 47.4 Å². The molecule has 0 unspecified atom stereocenters. The summed E-state index contributed by atoms with van der Waals surface area (Å²) in [5, 5.41) is 10.1. The molecule has 6 heteroatoms. The van der Waals surface area contributed by atoms with Crippen molar-refractivity contribution in [3.63, 3.8) is 0 Å². The van der Waals surface area contributed by atoms with Crippen LogP contribution in [0.2, 0.25) is 5.02 Å². The predicted octanol–water partition coefficient (Wildman–Crippen LogP) is 3.44. The number of fused-ring (bicyclic) bond motifs is 1. The van der Waals surface area contributed by atoms with Crippen LogP contribution < -0.4 is 11.2 Å². The molecule has 0 saturated carbocycles. The quantitative estimate of drug-likeness (QED) is 0.634. The lowest BCUT2D eigenvalue weighted by Crippen LogP contribution is -2.26. The van der Waals surface area contributed by atoms with Crippen molar-refractivity contribution in [3.05, 3.63) is 80.1 Å². The lowest BCUT2D eigenvalue weighted by Gasteiger charge is -2.25. The minimum absolute atomic E-state index is 0.0800. The highest BCUT2D eigenvalue weighted by molar-refractivity contribution is 6.30. The number of halogens is 1. The van der Waals surface area contributed by atoms with Gasteiger partial charge >= 0.3 is 0 Å². The van der Waals surface area contributed by atoms with Gasteiger partial charge in [-0.25, -0.2) is 0 Å². The normalized spacial score (nSPS) is 11.2. The molecule has 5 nitrogen and oxygen atoms in total. The molecule has 0 aliphatic heterocycles. The number of nitrogens with two attached hydrogens (primary N) is 1. The SMILES string of the molecule is CC(C)(C)c1cc(C#CCO)cc2c(=O)c(C(N)=O)cn(Cc3ccc(Cl)cc3)c12. The smallest absolute Gasteiger partial charge is 0.254 e. The van der Waals surface area contributed by atoms with E-state index >= 15 is 0 Å². The van der Waals surface area contributed by atoms with Crippen molar-refractivity contribution in [1.82, 2.24) is 4.57 Å². The van der Waals surface area contributed by atoms with Crippen molar-refractivity contribution < 1.29 is 9.90 Å². The zero-order valence-corrected chi connectivity index (χ0v) is 17.9. The number of aromatic nitrogens is 1. The number of rotatable bonds is 3. The first-order chi connectivity index (χ1) is 14.1. The minimum atomic E-state index is -0.782. The first kappa shape index (κ1) is 21.6. The van der Waals surface area contributed by atoms with Crippen LogP contribution in [0.3, 0.4) is 0 Å². The van der Waals surface area contributed by atoms with E-state index in [1.54, 1.807) is 18.2 Å². The Hall–Kier alpha value is -3.07. The zero-order valence-electron chi connectivity index (χ0n) is 17.1. The average molecular weight is 423 g/mol. The Labute approximate surface area is 180 Å². The third-order valence-corrected chi connectivity index (χ3v) is 5.07. The van der Waals surface area contributed by atoms with Gasteiger partial charge in [0.15, 0.2) is 0 Å². The monoisotopic (exact) mass is 422 g/mol. The molecule has 154 valence electrons. The van der Waals surface area contributed by atoms with E-state index in [1.807, 2.05) is 43.5 Å². The second-order valence-corrected chi connectivity index (χ2v) is 8.56. The number of primary amides is 1. The molecule has 0 aliphatic carbocycles. The summed E-state index contributed by atoms with van der Waals surface area (Å²) in [5.41, 5.74) is 7.87. The lowest BCUT2D eigenvalue weighted by molar-refractivity contribution is 0.0998. The lowest BCUT2D eigenvalue weighted by atomic mass is 9.84. The number of carbonyl (C=O) groups is 1. The van der Waals surface area contributed by atoms with Crippen LogP contribution in [0.25, 0.3) is 10.9 Å². The molecule has 0 spiro atoms. The second kappa shape index (κ2) is 8.35. The van der Waals surface area contributed by atoms with Gasteiger partial charge in [0.05, 0.1) is 5.52 Å². The van der Waals surface area contributed by atoms with Gasteiger partial charge in [-0.3, -0.25) is 9.59 Å². The van der Waals surface area contributed by atoms with Crippen LogP contribution in [0.4, 0.5) is 0 Å². The van der Waals surface area contributed by atoms with Gasteiger partial charge in [-0.15, -0.1) is 0 Å². The largest absolute Gasteiger partial charge is 0.384 e. The first-order valence-corrected chi connectivity index (χ1v) is 9.85. The van der Waals surface area contributed by atoms with E-state index in [4.69, 9.17) is 22.4 Å². The third-order valence-electron chi connectivity index (χ3n) is 4.82. The summed E-state index contributed by atoms with van der Waals surface area (Å²) in [6, 6.07) is 11.0. The minimum Gasteiger partial charge on any atom is -0.384 e. The Bertz CT molecular complexity index is 1240. The fourth-order valence-corrected chi connectivity index (χ4v) is 3.54. The summed E-state index contributed by atoms with van der Waals surface area (Å²) >= 11 is 6.00. The van der Waals surface area contributed by atoms with E-state index in [-0.39, 0.29) is 17.6 Å². The summed E-state index contributed by atoms with van der Waals surface area (Å²) in [7, 11) is 0. The van der Waals surface area contributed by atoms with E-state index in [1.165, 1.54) is 6.20 Å².